The fourth-order valence-corrected chi connectivity index (χ4v) is 2.57. The largest absolute Gasteiger partial charge is 0.461 e. The summed E-state index contributed by atoms with van der Waals surface area (Å²) in [6, 6.07) is 18.6. The first-order valence-corrected chi connectivity index (χ1v) is 9.20. The highest BCUT2D eigenvalue weighted by atomic mass is 16.5. The van der Waals surface area contributed by atoms with Crippen LogP contribution in [0, 0.1) is 0 Å². The summed E-state index contributed by atoms with van der Waals surface area (Å²) in [4.78, 5) is 24.4. The quantitative estimate of drug-likeness (QED) is 0.648. The summed E-state index contributed by atoms with van der Waals surface area (Å²) >= 11 is 0. The standard InChI is InChI=1S/C22H27NO4/c1-17(2)23-20(22(25)27-16-19-11-7-4-8-12-19)13-14-21(24)26-15-18-9-5-3-6-10-18/h3-12,17,20,23H,13-16H2,1-2H3/t20-/m0/s1. The first-order valence-electron chi connectivity index (χ1n) is 9.20. The van der Waals surface area contributed by atoms with Crippen molar-refractivity contribution in [2.24, 2.45) is 0 Å². The Morgan fingerprint density at radius 3 is 1.89 bits per heavy atom. The molecule has 27 heavy (non-hydrogen) atoms. The minimum atomic E-state index is -0.544. The number of ether oxygens (including phenoxy) is 2. The molecular weight excluding hydrogens is 342 g/mol. The van der Waals surface area contributed by atoms with E-state index in [4.69, 9.17) is 9.47 Å². The highest BCUT2D eigenvalue weighted by molar-refractivity contribution is 5.77. The number of hydrogen-bond donors (Lipinski definition) is 1. The third-order valence-corrected chi connectivity index (χ3v) is 3.92. The van der Waals surface area contributed by atoms with Crippen LogP contribution in [-0.2, 0) is 32.3 Å². The Kier molecular flexibility index (Phi) is 8.52. The van der Waals surface area contributed by atoms with E-state index in [1.807, 2.05) is 74.5 Å². The third kappa shape index (κ3) is 8.05. The zero-order chi connectivity index (χ0) is 19.5. The molecule has 1 atom stereocenters. The number of carbonyl (C=O) groups excluding carboxylic acids is 2. The molecule has 2 aromatic carbocycles. The summed E-state index contributed by atoms with van der Waals surface area (Å²) in [6.07, 6.45) is 0.483. The van der Waals surface area contributed by atoms with Gasteiger partial charge in [-0.2, -0.15) is 0 Å². The van der Waals surface area contributed by atoms with Crippen molar-refractivity contribution < 1.29 is 19.1 Å². The van der Waals surface area contributed by atoms with Gasteiger partial charge in [-0.25, -0.2) is 0 Å². The fourth-order valence-electron chi connectivity index (χ4n) is 2.57. The number of benzene rings is 2. The lowest BCUT2D eigenvalue weighted by atomic mass is 10.1. The Morgan fingerprint density at radius 1 is 0.852 bits per heavy atom. The topological polar surface area (TPSA) is 64.6 Å². The van der Waals surface area contributed by atoms with Gasteiger partial charge in [-0.05, 0) is 17.5 Å². The van der Waals surface area contributed by atoms with E-state index in [9.17, 15) is 9.59 Å². The summed E-state index contributed by atoms with van der Waals surface area (Å²) < 4.78 is 10.7. The molecule has 0 heterocycles. The molecule has 0 aromatic heterocycles. The molecule has 5 heteroatoms. The van der Waals surface area contributed by atoms with Gasteiger partial charge in [0.25, 0.3) is 0 Å². The van der Waals surface area contributed by atoms with Gasteiger partial charge in [0.15, 0.2) is 0 Å². The normalized spacial score (nSPS) is 11.8. The molecule has 0 aliphatic rings. The van der Waals surface area contributed by atoms with Crippen molar-refractivity contribution in [3.63, 3.8) is 0 Å². The van der Waals surface area contributed by atoms with E-state index in [1.165, 1.54) is 0 Å². The van der Waals surface area contributed by atoms with Crippen LogP contribution >= 0.6 is 0 Å². The molecule has 0 aliphatic heterocycles. The number of hydrogen-bond acceptors (Lipinski definition) is 5. The average Bonchev–Trinajstić information content (AvgIpc) is 2.69. The summed E-state index contributed by atoms with van der Waals surface area (Å²) in [5.41, 5.74) is 1.86. The van der Waals surface area contributed by atoms with Crippen LogP contribution in [0.5, 0.6) is 0 Å². The summed E-state index contributed by atoms with van der Waals surface area (Å²) in [7, 11) is 0. The predicted molar refractivity (Wildman–Crippen MR) is 104 cm³/mol. The van der Waals surface area contributed by atoms with Gasteiger partial charge in [0.1, 0.15) is 19.3 Å². The molecule has 2 rings (SSSR count). The molecule has 0 radical (unpaired) electrons. The molecule has 2 aromatic rings. The Labute approximate surface area is 160 Å². The number of rotatable bonds is 10. The van der Waals surface area contributed by atoms with Crippen LogP contribution in [0.3, 0.4) is 0 Å². The molecular formula is C22H27NO4. The number of carbonyl (C=O) groups is 2. The van der Waals surface area contributed by atoms with E-state index in [-0.39, 0.29) is 37.6 Å². The van der Waals surface area contributed by atoms with Crippen molar-refractivity contribution in [1.82, 2.24) is 5.32 Å². The van der Waals surface area contributed by atoms with Crippen molar-refractivity contribution in [3.05, 3.63) is 71.8 Å². The van der Waals surface area contributed by atoms with Gasteiger partial charge in [0.05, 0.1) is 0 Å². The second-order valence-electron chi connectivity index (χ2n) is 6.65. The van der Waals surface area contributed by atoms with E-state index in [1.54, 1.807) is 0 Å². The molecule has 0 aliphatic carbocycles. The Morgan fingerprint density at radius 2 is 1.37 bits per heavy atom. The fraction of sp³-hybridized carbons (Fsp3) is 0.364. The average molecular weight is 369 g/mol. The first-order chi connectivity index (χ1) is 13.0. The van der Waals surface area contributed by atoms with Crippen LogP contribution in [0.4, 0.5) is 0 Å². The Hall–Kier alpha value is -2.66. The smallest absolute Gasteiger partial charge is 0.323 e. The van der Waals surface area contributed by atoms with Crippen LogP contribution in [0.25, 0.3) is 0 Å². The lowest BCUT2D eigenvalue weighted by Gasteiger charge is -2.19. The summed E-state index contributed by atoms with van der Waals surface area (Å²) in [6.45, 7) is 4.35. The molecule has 5 nitrogen and oxygen atoms in total. The Balaban J connectivity index is 1.80. The minimum absolute atomic E-state index is 0.0969. The van der Waals surface area contributed by atoms with Crippen LogP contribution in [0.15, 0.2) is 60.7 Å². The van der Waals surface area contributed by atoms with Gasteiger partial charge in [0.2, 0.25) is 0 Å². The van der Waals surface area contributed by atoms with Crippen molar-refractivity contribution in [1.29, 1.82) is 0 Å². The van der Waals surface area contributed by atoms with Gasteiger partial charge >= 0.3 is 11.9 Å². The molecule has 0 saturated heterocycles. The van der Waals surface area contributed by atoms with E-state index in [0.29, 0.717) is 6.42 Å². The van der Waals surface area contributed by atoms with E-state index < -0.39 is 6.04 Å². The van der Waals surface area contributed by atoms with Crippen molar-refractivity contribution in [3.8, 4) is 0 Å². The zero-order valence-corrected chi connectivity index (χ0v) is 15.9. The maximum absolute atomic E-state index is 12.4. The number of esters is 2. The van der Waals surface area contributed by atoms with Crippen molar-refractivity contribution in [2.45, 2.75) is 52.0 Å². The van der Waals surface area contributed by atoms with Crippen molar-refractivity contribution >= 4 is 11.9 Å². The van der Waals surface area contributed by atoms with Gasteiger partial charge in [-0.1, -0.05) is 74.5 Å². The molecule has 0 unspecified atom stereocenters. The van der Waals surface area contributed by atoms with Crippen LogP contribution in [-0.4, -0.2) is 24.0 Å². The van der Waals surface area contributed by atoms with E-state index >= 15 is 0 Å². The highest BCUT2D eigenvalue weighted by Gasteiger charge is 2.22. The second kappa shape index (κ2) is 11.1. The molecule has 1 N–H and O–H groups in total. The SMILES string of the molecule is CC(C)N[C@@H](CCC(=O)OCc1ccccc1)C(=O)OCc1ccccc1. The second-order valence-corrected chi connectivity index (χ2v) is 6.65. The highest BCUT2D eigenvalue weighted by Crippen LogP contribution is 2.08. The predicted octanol–water partition coefficient (Wildman–Crippen LogP) is 3.62. The molecule has 0 spiro atoms. The lowest BCUT2D eigenvalue weighted by Crippen LogP contribution is -2.42. The van der Waals surface area contributed by atoms with Crippen LogP contribution < -0.4 is 5.32 Å². The van der Waals surface area contributed by atoms with E-state index in [2.05, 4.69) is 5.32 Å². The minimum Gasteiger partial charge on any atom is -0.461 e. The van der Waals surface area contributed by atoms with E-state index in [0.717, 1.165) is 11.1 Å². The van der Waals surface area contributed by atoms with Gasteiger partial charge in [0, 0.05) is 12.5 Å². The Bertz CT molecular complexity index is 701. The molecule has 0 saturated carbocycles. The van der Waals surface area contributed by atoms with Gasteiger partial charge < -0.3 is 14.8 Å². The molecule has 144 valence electrons. The molecule has 0 amide bonds. The third-order valence-electron chi connectivity index (χ3n) is 3.92. The number of nitrogens with one attached hydrogen (secondary N) is 1. The first kappa shape index (κ1) is 20.6. The van der Waals surface area contributed by atoms with Gasteiger partial charge in [-0.3, -0.25) is 9.59 Å². The maximum atomic E-state index is 12.4. The summed E-state index contributed by atoms with van der Waals surface area (Å²) in [5, 5.41) is 3.16. The van der Waals surface area contributed by atoms with Crippen LogP contribution in [0.2, 0.25) is 0 Å². The lowest BCUT2D eigenvalue weighted by molar-refractivity contribution is -0.149. The summed E-state index contributed by atoms with van der Waals surface area (Å²) in [5.74, 6) is -0.686. The maximum Gasteiger partial charge on any atom is 0.323 e. The van der Waals surface area contributed by atoms with Crippen LogP contribution in [0.1, 0.15) is 37.8 Å². The van der Waals surface area contributed by atoms with Gasteiger partial charge in [-0.15, -0.1) is 0 Å². The molecule has 0 bridgehead atoms. The molecule has 0 fully saturated rings. The zero-order valence-electron chi connectivity index (χ0n) is 15.9. The van der Waals surface area contributed by atoms with Crippen molar-refractivity contribution in [2.75, 3.05) is 0 Å². The monoisotopic (exact) mass is 369 g/mol.